The molecule has 110 valence electrons. The summed E-state index contributed by atoms with van der Waals surface area (Å²) in [6.07, 6.45) is 31.6. The first-order chi connectivity index (χ1) is 9.92. The molecule has 4 aliphatic carbocycles. The van der Waals surface area contributed by atoms with Gasteiger partial charge in [-0.1, -0.05) is 48.6 Å². The largest absolute Gasteiger partial charge is 2.00 e. The van der Waals surface area contributed by atoms with E-state index < -0.39 is 0 Å². The molecule has 0 aliphatic heterocycles. The molecule has 2 fully saturated rings. The van der Waals surface area contributed by atoms with Gasteiger partial charge in [0.1, 0.15) is 0 Å². The average molecular weight is 374 g/mol. The fourth-order valence-corrected chi connectivity index (χ4v) is 2.78. The standard InChI is InChI=1S/C20H12.2CH3.Zr/c1-3-7-19-15(5-1)9-11-17(19)13-14-18-12-10-16-6-2-4-8-20(16)18;;;/h1-8H,13-14H2;2*1H3;/q;2*-1;+2. The van der Waals surface area contributed by atoms with Gasteiger partial charge in [-0.25, -0.2) is 0 Å². The van der Waals surface area contributed by atoms with Crippen molar-refractivity contribution in [2.45, 2.75) is 12.8 Å². The molecule has 0 heterocycles. The topological polar surface area (TPSA) is 0 Å². The third-order valence-electron chi connectivity index (χ3n) is 3.83. The Morgan fingerprint density at radius 2 is 0.957 bits per heavy atom. The van der Waals surface area contributed by atoms with Crippen molar-refractivity contribution in [2.24, 2.45) is 0 Å². The molecule has 0 N–H and O–H groups in total. The molecule has 2 saturated carbocycles. The molecule has 0 amide bonds. The summed E-state index contributed by atoms with van der Waals surface area (Å²) < 4.78 is 0. The van der Waals surface area contributed by atoms with Gasteiger partial charge in [-0.3, -0.25) is 0 Å². The zero-order valence-corrected chi connectivity index (χ0v) is 16.0. The van der Waals surface area contributed by atoms with Crippen LogP contribution in [0.25, 0.3) is 0 Å². The molecule has 23 heavy (non-hydrogen) atoms. The van der Waals surface area contributed by atoms with E-state index in [9.17, 15) is 0 Å². The van der Waals surface area contributed by atoms with E-state index in [1.54, 1.807) is 0 Å². The number of allylic oxidation sites excluding steroid dienone is 8. The van der Waals surface area contributed by atoms with Crippen molar-refractivity contribution in [3.63, 3.8) is 0 Å². The molecular weight excluding hydrogens is 355 g/mol. The van der Waals surface area contributed by atoms with E-state index in [0.29, 0.717) is 0 Å². The van der Waals surface area contributed by atoms with E-state index in [1.165, 1.54) is 23.7 Å². The summed E-state index contributed by atoms with van der Waals surface area (Å²) in [5, 5.41) is 0. The Bertz CT molecular complexity index is 426. The van der Waals surface area contributed by atoms with Crippen LogP contribution < -0.4 is 0 Å². The number of rotatable bonds is 3. The third kappa shape index (κ3) is 4.28. The Morgan fingerprint density at radius 3 is 1.39 bits per heavy atom. The molecular formula is C22H18Zr. The molecule has 0 atom stereocenters. The van der Waals surface area contributed by atoms with Crippen LogP contribution in [0.1, 0.15) is 12.8 Å². The van der Waals surface area contributed by atoms with Crippen LogP contribution in [0.4, 0.5) is 0 Å². The summed E-state index contributed by atoms with van der Waals surface area (Å²) >= 11 is 0. The first-order valence-corrected chi connectivity index (χ1v) is 6.86. The van der Waals surface area contributed by atoms with Gasteiger partial charge in [0.15, 0.2) is 0 Å². The minimum absolute atomic E-state index is 0. The maximum Gasteiger partial charge on any atom is 2.00 e. The number of hydrogen-bond acceptors (Lipinski definition) is 0. The van der Waals surface area contributed by atoms with Gasteiger partial charge in [-0.15, -0.1) is 0 Å². The van der Waals surface area contributed by atoms with Crippen molar-refractivity contribution in [3.8, 4) is 0 Å². The molecule has 0 aromatic rings. The zero-order chi connectivity index (χ0) is 13.4. The fraction of sp³-hybridized carbons (Fsp3) is 0.0909. The zero-order valence-electron chi connectivity index (χ0n) is 13.5. The predicted octanol–water partition coefficient (Wildman–Crippen LogP) is 4.72. The van der Waals surface area contributed by atoms with Gasteiger partial charge in [0.05, 0.1) is 0 Å². The number of hydrogen-bond donors (Lipinski definition) is 0. The Hall–Kier alpha value is -0.157. The van der Waals surface area contributed by atoms with Gasteiger partial charge in [0.25, 0.3) is 0 Å². The third-order valence-corrected chi connectivity index (χ3v) is 3.83. The molecule has 0 unspecified atom stereocenters. The van der Waals surface area contributed by atoms with Crippen molar-refractivity contribution in [3.05, 3.63) is 125 Å². The van der Waals surface area contributed by atoms with E-state index in [-0.39, 0.29) is 41.1 Å². The van der Waals surface area contributed by atoms with Gasteiger partial charge in [-0.05, 0) is 24.7 Å². The quantitative estimate of drug-likeness (QED) is 0.628. The van der Waals surface area contributed by atoms with Gasteiger partial charge in [0.2, 0.25) is 0 Å². The van der Waals surface area contributed by atoms with Crippen LogP contribution >= 0.6 is 0 Å². The van der Waals surface area contributed by atoms with Crippen LogP contribution in [0.15, 0.2) is 48.6 Å². The summed E-state index contributed by atoms with van der Waals surface area (Å²) in [7, 11) is 0. The van der Waals surface area contributed by atoms with Gasteiger partial charge in [-0.2, -0.15) is 0 Å². The SMILES string of the molecule is [CH3-].[CH3-].[C]1[C][C](CC[C]2[C][C][C]3C=CC=C[C]32)[C]2C=CC=C[C]12.[Zr+2]. The Labute approximate surface area is 163 Å². The number of fused-ring (bicyclic) bond motifs is 2. The maximum absolute atomic E-state index is 3.28. The Kier molecular flexibility index (Phi) is 8.50. The van der Waals surface area contributed by atoms with Crippen LogP contribution in [0.2, 0.25) is 0 Å². The molecule has 14 radical (unpaired) electrons. The minimum Gasteiger partial charge on any atom is -0.358 e. The summed E-state index contributed by atoms with van der Waals surface area (Å²) in [6, 6.07) is 0. The second-order valence-electron chi connectivity index (χ2n) is 5.05. The molecule has 0 spiro atoms. The molecule has 4 aliphatic rings. The smallest absolute Gasteiger partial charge is 0.358 e. The molecule has 0 bridgehead atoms. The summed E-state index contributed by atoms with van der Waals surface area (Å²) in [4.78, 5) is 0. The summed E-state index contributed by atoms with van der Waals surface area (Å²) in [6.45, 7) is 0. The van der Waals surface area contributed by atoms with Crippen LogP contribution in [0.3, 0.4) is 0 Å². The Balaban J connectivity index is 0.000000882. The first-order valence-electron chi connectivity index (χ1n) is 6.86. The monoisotopic (exact) mass is 372 g/mol. The first kappa shape index (κ1) is 20.9. The van der Waals surface area contributed by atoms with Gasteiger partial charge >= 0.3 is 26.2 Å². The fourth-order valence-electron chi connectivity index (χ4n) is 2.78. The molecule has 0 aromatic heterocycles. The van der Waals surface area contributed by atoms with Crippen LogP contribution in [-0.4, -0.2) is 0 Å². The van der Waals surface area contributed by atoms with E-state index in [1.807, 2.05) is 12.2 Å². The van der Waals surface area contributed by atoms with Crippen molar-refractivity contribution in [1.82, 2.24) is 0 Å². The maximum atomic E-state index is 3.28. The van der Waals surface area contributed by atoms with E-state index in [0.717, 1.165) is 24.7 Å². The normalized spacial score (nSPS) is 24.9. The molecule has 4 rings (SSSR count). The second-order valence-corrected chi connectivity index (χ2v) is 5.05. The van der Waals surface area contributed by atoms with Crippen LogP contribution in [-0.2, 0) is 26.2 Å². The van der Waals surface area contributed by atoms with E-state index >= 15 is 0 Å². The van der Waals surface area contributed by atoms with Gasteiger partial charge < -0.3 is 14.9 Å². The van der Waals surface area contributed by atoms with Crippen molar-refractivity contribution < 1.29 is 26.2 Å². The molecule has 1 heteroatoms. The minimum atomic E-state index is 0. The molecule has 0 aromatic carbocycles. The molecule has 0 nitrogen and oxygen atoms in total. The molecule has 0 saturated heterocycles. The predicted molar refractivity (Wildman–Crippen MR) is 91.1 cm³/mol. The van der Waals surface area contributed by atoms with Crippen molar-refractivity contribution in [1.29, 1.82) is 0 Å². The average Bonchev–Trinajstić information content (AvgIpc) is 3.09. The summed E-state index contributed by atoms with van der Waals surface area (Å²) in [5.74, 6) is 7.36. The van der Waals surface area contributed by atoms with E-state index in [2.05, 4.69) is 62.1 Å². The van der Waals surface area contributed by atoms with Crippen molar-refractivity contribution >= 4 is 0 Å². The van der Waals surface area contributed by atoms with E-state index in [4.69, 9.17) is 0 Å². The summed E-state index contributed by atoms with van der Waals surface area (Å²) in [5.41, 5.74) is 0. The van der Waals surface area contributed by atoms with Crippen LogP contribution in [0.5, 0.6) is 0 Å². The van der Waals surface area contributed by atoms with Crippen molar-refractivity contribution in [2.75, 3.05) is 0 Å². The second kappa shape index (κ2) is 9.36. The van der Waals surface area contributed by atoms with Crippen LogP contribution in [0, 0.1) is 76.0 Å². The Morgan fingerprint density at radius 1 is 0.565 bits per heavy atom. The van der Waals surface area contributed by atoms with Gasteiger partial charge in [0, 0.05) is 49.4 Å².